The minimum atomic E-state index is -0.438. The van der Waals surface area contributed by atoms with Crippen molar-refractivity contribution in [1.29, 1.82) is 0 Å². The highest BCUT2D eigenvalue weighted by Crippen LogP contribution is 2.67. The Morgan fingerprint density at radius 2 is 1.14 bits per heavy atom. The maximum Gasteiger partial charge on any atom is 0.0719 e. The van der Waals surface area contributed by atoms with Gasteiger partial charge < -0.3 is 4.90 Å². The third kappa shape index (κ3) is 7.11. The second-order valence-electron chi connectivity index (χ2n) is 21.4. The van der Waals surface area contributed by atoms with Gasteiger partial charge in [0.15, 0.2) is 0 Å². The third-order valence-corrected chi connectivity index (χ3v) is 17.3. The van der Waals surface area contributed by atoms with Gasteiger partial charge >= 0.3 is 0 Å². The molecule has 6 atom stereocenters. The van der Waals surface area contributed by atoms with Gasteiger partial charge in [-0.25, -0.2) is 0 Å². The van der Waals surface area contributed by atoms with Gasteiger partial charge in [0.1, 0.15) is 0 Å². The molecule has 1 heteroatoms. The molecule has 0 spiro atoms. The molecule has 8 aromatic rings. The zero-order chi connectivity index (χ0) is 49.2. The molecule has 8 aromatic carbocycles. The number of hydrogen-bond donors (Lipinski definition) is 0. The lowest BCUT2D eigenvalue weighted by atomic mass is 9.49. The Labute approximate surface area is 432 Å². The molecule has 0 N–H and O–H groups in total. The molecular formula is C72H61N. The van der Waals surface area contributed by atoms with Crippen LogP contribution in [-0.4, -0.2) is 5.54 Å². The van der Waals surface area contributed by atoms with Crippen molar-refractivity contribution < 1.29 is 0 Å². The molecule has 0 radical (unpaired) electrons. The highest BCUT2D eigenvalue weighted by molar-refractivity contribution is 5.91. The molecule has 5 aliphatic rings. The predicted molar refractivity (Wildman–Crippen MR) is 306 cm³/mol. The molecule has 0 bridgehead atoms. The fraction of sp³-hybridized carbons (Fsp3) is 0.167. The van der Waals surface area contributed by atoms with E-state index in [2.05, 4.69) is 287 Å². The third-order valence-electron chi connectivity index (χ3n) is 17.3. The number of aryl methyl sites for hydroxylation is 1. The summed E-state index contributed by atoms with van der Waals surface area (Å²) in [5, 5.41) is 0. The molecule has 0 saturated heterocycles. The highest BCUT2D eigenvalue weighted by Gasteiger charge is 2.59. The summed E-state index contributed by atoms with van der Waals surface area (Å²) in [7, 11) is 0. The van der Waals surface area contributed by atoms with Gasteiger partial charge in [-0.3, -0.25) is 0 Å². The molecular weight excluding hydrogens is 879 g/mol. The van der Waals surface area contributed by atoms with Crippen LogP contribution in [0.1, 0.15) is 89.1 Å². The first kappa shape index (κ1) is 44.9. The lowest BCUT2D eigenvalue weighted by Gasteiger charge is -2.52. The van der Waals surface area contributed by atoms with Crippen LogP contribution in [0.2, 0.25) is 0 Å². The Morgan fingerprint density at radius 3 is 1.84 bits per heavy atom. The normalized spacial score (nSPS) is 24.2. The fourth-order valence-corrected chi connectivity index (χ4v) is 13.8. The van der Waals surface area contributed by atoms with E-state index < -0.39 is 10.8 Å². The van der Waals surface area contributed by atoms with Crippen LogP contribution in [0, 0.1) is 18.8 Å². The van der Waals surface area contributed by atoms with Crippen molar-refractivity contribution in [3.63, 3.8) is 0 Å². The topological polar surface area (TPSA) is 3.24 Å². The molecule has 0 aliphatic heterocycles. The minimum absolute atomic E-state index is 0.218. The van der Waals surface area contributed by atoms with E-state index in [1.807, 2.05) is 0 Å². The van der Waals surface area contributed by atoms with Crippen molar-refractivity contribution in [3.05, 3.63) is 317 Å². The van der Waals surface area contributed by atoms with Crippen molar-refractivity contribution >= 4 is 16.9 Å². The number of rotatable bonds is 9. The number of hydrogen-bond acceptors (Lipinski definition) is 1. The first-order chi connectivity index (χ1) is 35.9. The number of benzene rings is 8. The van der Waals surface area contributed by atoms with E-state index in [1.54, 1.807) is 0 Å². The molecule has 0 amide bonds. The van der Waals surface area contributed by atoms with Gasteiger partial charge in [-0.15, -0.1) is 0 Å². The maximum atomic E-state index is 2.64. The summed E-state index contributed by atoms with van der Waals surface area (Å²) in [6.07, 6.45) is 27.1. The first-order valence-electron chi connectivity index (χ1n) is 26.5. The monoisotopic (exact) mass is 939 g/mol. The Hall–Kier alpha value is -8.00. The fourth-order valence-electron chi connectivity index (χ4n) is 13.8. The SMILES string of the molecule is Cc1ccc(-c2ccc(N(c3ccc(C4CC=C(C5(C6C=CC=CC6)c6ccccc6C6(c7ccccc7)c7ccccc7-c7cccc5c76)C=CC4C)cc3)C3(C)C=CC(c4ccccc4)=CC3)cc2)cc1. The second kappa shape index (κ2) is 17.9. The Balaban J connectivity index is 0.903. The minimum Gasteiger partial charge on any atom is -0.332 e. The van der Waals surface area contributed by atoms with Gasteiger partial charge in [0.25, 0.3) is 0 Å². The molecule has 1 nitrogen and oxygen atoms in total. The van der Waals surface area contributed by atoms with Crippen molar-refractivity contribution in [2.24, 2.45) is 11.8 Å². The summed E-state index contributed by atoms with van der Waals surface area (Å²) < 4.78 is 0. The van der Waals surface area contributed by atoms with Crippen LogP contribution in [0.3, 0.4) is 0 Å². The average molecular weight is 940 g/mol. The van der Waals surface area contributed by atoms with Crippen LogP contribution in [-0.2, 0) is 10.8 Å². The van der Waals surface area contributed by atoms with E-state index in [4.69, 9.17) is 0 Å². The van der Waals surface area contributed by atoms with Crippen LogP contribution in [0.25, 0.3) is 27.8 Å². The van der Waals surface area contributed by atoms with Gasteiger partial charge in [0.2, 0.25) is 0 Å². The van der Waals surface area contributed by atoms with Crippen molar-refractivity contribution in [1.82, 2.24) is 0 Å². The van der Waals surface area contributed by atoms with Crippen molar-refractivity contribution in [2.75, 3.05) is 4.90 Å². The maximum absolute atomic E-state index is 2.64. The standard InChI is InChI=1S/C72H61N/c1-50-30-33-53(34-31-50)54-35-41-60(42-36-54)73(70(3)48-46-55(47-49-70)52-18-7-4-8-19-52)61-43-37-56(38-44-61)62-45-40-59(39-32-51(62)2)71(57-20-9-5-10-21-57)66-27-15-16-28-67(66)72(58-22-11-6-12-23-58)65-26-14-13-24-63(65)64-25-17-29-68(71)69(64)72/h4-20,22-44,46-48,51,57,62H,21,45,49H2,1-3H3. The van der Waals surface area contributed by atoms with E-state index in [0.717, 1.165) is 19.3 Å². The van der Waals surface area contributed by atoms with Crippen molar-refractivity contribution in [3.8, 4) is 22.3 Å². The smallest absolute Gasteiger partial charge is 0.0719 e. The van der Waals surface area contributed by atoms with E-state index in [9.17, 15) is 0 Å². The Bertz CT molecular complexity index is 3570. The summed E-state index contributed by atoms with van der Waals surface area (Å²) in [5.74, 6) is 0.839. The lowest BCUT2D eigenvalue weighted by molar-refractivity contribution is 0.421. The Morgan fingerprint density at radius 1 is 0.507 bits per heavy atom. The van der Waals surface area contributed by atoms with E-state index in [-0.39, 0.29) is 11.5 Å². The zero-order valence-corrected chi connectivity index (χ0v) is 42.1. The van der Waals surface area contributed by atoms with Gasteiger partial charge in [-0.05, 0) is 153 Å². The zero-order valence-electron chi connectivity index (χ0n) is 42.1. The highest BCUT2D eigenvalue weighted by atomic mass is 15.2. The summed E-state index contributed by atoms with van der Waals surface area (Å²) >= 11 is 0. The second-order valence-corrected chi connectivity index (χ2v) is 21.4. The molecule has 0 saturated carbocycles. The summed E-state index contributed by atoms with van der Waals surface area (Å²) in [5.41, 5.74) is 21.4. The average Bonchev–Trinajstić information content (AvgIpc) is 3.63. The predicted octanol–water partition coefficient (Wildman–Crippen LogP) is 18.0. The van der Waals surface area contributed by atoms with Gasteiger partial charge in [0.05, 0.1) is 16.4 Å². The molecule has 6 unspecified atom stereocenters. The molecule has 13 rings (SSSR count). The molecule has 5 aliphatic carbocycles. The largest absolute Gasteiger partial charge is 0.332 e. The van der Waals surface area contributed by atoms with Crippen LogP contribution < -0.4 is 4.90 Å². The number of nitrogens with zero attached hydrogens (tertiary/aromatic N) is 1. The first-order valence-corrected chi connectivity index (χ1v) is 26.5. The van der Waals surface area contributed by atoms with Gasteiger partial charge in [-0.2, -0.15) is 0 Å². The van der Waals surface area contributed by atoms with Crippen molar-refractivity contribution in [2.45, 2.75) is 62.3 Å². The van der Waals surface area contributed by atoms with Crippen LogP contribution in [0.15, 0.2) is 267 Å². The van der Waals surface area contributed by atoms with Crippen LogP contribution in [0.4, 0.5) is 11.4 Å². The van der Waals surface area contributed by atoms with Crippen LogP contribution >= 0.6 is 0 Å². The lowest BCUT2D eigenvalue weighted by Crippen LogP contribution is -2.47. The molecule has 73 heavy (non-hydrogen) atoms. The summed E-state index contributed by atoms with van der Waals surface area (Å²) in [6, 6.07) is 75.7. The quantitative estimate of drug-likeness (QED) is 0.139. The number of fused-ring (bicyclic) bond motifs is 5. The molecule has 0 fully saturated rings. The van der Waals surface area contributed by atoms with E-state index in [0.29, 0.717) is 11.8 Å². The molecule has 0 aromatic heterocycles. The van der Waals surface area contributed by atoms with Gasteiger partial charge in [-0.1, -0.05) is 249 Å². The summed E-state index contributed by atoms with van der Waals surface area (Å²) in [6.45, 7) is 6.96. The van der Waals surface area contributed by atoms with Crippen LogP contribution in [0.5, 0.6) is 0 Å². The summed E-state index contributed by atoms with van der Waals surface area (Å²) in [4.78, 5) is 2.56. The number of anilines is 2. The molecule has 354 valence electrons. The van der Waals surface area contributed by atoms with E-state index in [1.165, 1.54) is 94.8 Å². The number of allylic oxidation sites excluding steroid dienone is 10. The van der Waals surface area contributed by atoms with Gasteiger partial charge in [0, 0.05) is 11.4 Å². The molecule has 0 heterocycles. The van der Waals surface area contributed by atoms with E-state index >= 15 is 0 Å². The Kier molecular flexibility index (Phi) is 11.0.